The zero-order chi connectivity index (χ0) is 8.39. The van der Waals surface area contributed by atoms with Gasteiger partial charge in [0.2, 0.25) is 0 Å². The standard InChI is InChI=1S/C8H10BrNOS.ClH/c9-6-1-4-12-8(6)7-5-11-3-2-10-7;/h1,4,7,10H,2-3,5H2;1H/t7-;/m0./s1. The molecule has 1 aliphatic rings. The fourth-order valence-electron chi connectivity index (χ4n) is 1.29. The molecule has 0 saturated carbocycles. The zero-order valence-electron chi connectivity index (χ0n) is 6.96. The highest BCUT2D eigenvalue weighted by Gasteiger charge is 2.18. The maximum absolute atomic E-state index is 5.38. The Hall–Kier alpha value is 0.390. The highest BCUT2D eigenvalue weighted by molar-refractivity contribution is 9.10. The lowest BCUT2D eigenvalue weighted by Gasteiger charge is -2.23. The molecule has 1 aliphatic heterocycles. The number of hydrogen-bond acceptors (Lipinski definition) is 3. The second-order valence-corrected chi connectivity index (χ2v) is 4.52. The Bertz CT molecular complexity index is 262. The summed E-state index contributed by atoms with van der Waals surface area (Å²) >= 11 is 5.28. The van der Waals surface area contributed by atoms with Crippen LogP contribution in [0.2, 0.25) is 0 Å². The number of nitrogens with one attached hydrogen (secondary N) is 1. The van der Waals surface area contributed by atoms with Crippen LogP contribution in [0.5, 0.6) is 0 Å². The number of rotatable bonds is 1. The zero-order valence-corrected chi connectivity index (χ0v) is 10.2. The van der Waals surface area contributed by atoms with Crippen LogP contribution in [0.15, 0.2) is 15.9 Å². The molecule has 74 valence electrons. The van der Waals surface area contributed by atoms with Crippen molar-refractivity contribution in [2.75, 3.05) is 19.8 Å². The molecule has 1 N–H and O–H groups in total. The number of thiophene rings is 1. The van der Waals surface area contributed by atoms with Gasteiger partial charge in [-0.05, 0) is 27.4 Å². The van der Waals surface area contributed by atoms with Gasteiger partial charge < -0.3 is 10.1 Å². The summed E-state index contributed by atoms with van der Waals surface area (Å²) in [4.78, 5) is 1.34. The molecule has 1 fully saturated rings. The molecule has 2 heterocycles. The Balaban J connectivity index is 0.000000845. The minimum atomic E-state index is 0. The van der Waals surface area contributed by atoms with Crippen molar-refractivity contribution in [3.8, 4) is 0 Å². The largest absolute Gasteiger partial charge is 0.378 e. The van der Waals surface area contributed by atoms with E-state index >= 15 is 0 Å². The van der Waals surface area contributed by atoms with Gasteiger partial charge in [-0.2, -0.15) is 0 Å². The maximum atomic E-state index is 5.38. The molecule has 1 atom stereocenters. The van der Waals surface area contributed by atoms with Gasteiger partial charge in [-0.15, -0.1) is 23.7 Å². The van der Waals surface area contributed by atoms with Crippen molar-refractivity contribution in [2.45, 2.75) is 6.04 Å². The van der Waals surface area contributed by atoms with Gasteiger partial charge in [0.1, 0.15) is 0 Å². The lowest BCUT2D eigenvalue weighted by Crippen LogP contribution is -2.34. The summed E-state index contributed by atoms with van der Waals surface area (Å²) in [6.07, 6.45) is 0. The van der Waals surface area contributed by atoms with E-state index in [1.165, 1.54) is 9.35 Å². The second-order valence-electron chi connectivity index (χ2n) is 2.71. The van der Waals surface area contributed by atoms with Crippen molar-refractivity contribution >= 4 is 39.7 Å². The molecule has 0 amide bonds. The first-order valence-electron chi connectivity index (χ1n) is 3.92. The van der Waals surface area contributed by atoms with E-state index in [9.17, 15) is 0 Å². The average Bonchev–Trinajstić information content (AvgIpc) is 2.53. The molecule has 1 aromatic heterocycles. The fraction of sp³-hybridized carbons (Fsp3) is 0.500. The third-order valence-electron chi connectivity index (χ3n) is 1.88. The lowest BCUT2D eigenvalue weighted by atomic mass is 10.2. The summed E-state index contributed by atoms with van der Waals surface area (Å²) in [7, 11) is 0. The van der Waals surface area contributed by atoms with Crippen LogP contribution in [0.4, 0.5) is 0 Å². The summed E-state index contributed by atoms with van der Waals surface area (Å²) < 4.78 is 6.57. The van der Waals surface area contributed by atoms with Crippen molar-refractivity contribution in [2.24, 2.45) is 0 Å². The van der Waals surface area contributed by atoms with Crippen LogP contribution in [0, 0.1) is 0 Å². The van der Waals surface area contributed by atoms with E-state index in [2.05, 4.69) is 32.7 Å². The maximum Gasteiger partial charge on any atom is 0.0670 e. The van der Waals surface area contributed by atoms with Crippen molar-refractivity contribution < 1.29 is 4.74 Å². The van der Waals surface area contributed by atoms with Crippen LogP contribution >= 0.6 is 39.7 Å². The van der Waals surface area contributed by atoms with Gasteiger partial charge in [-0.3, -0.25) is 0 Å². The molecular formula is C8H11BrClNOS. The molecule has 0 aliphatic carbocycles. The molecule has 5 heteroatoms. The Morgan fingerprint density at radius 3 is 3.00 bits per heavy atom. The summed E-state index contributed by atoms with van der Waals surface area (Å²) in [6.45, 7) is 2.58. The monoisotopic (exact) mass is 283 g/mol. The molecule has 0 bridgehead atoms. The first kappa shape index (κ1) is 11.5. The number of halogens is 2. The first-order valence-corrected chi connectivity index (χ1v) is 5.59. The quantitative estimate of drug-likeness (QED) is 0.856. The molecule has 0 aromatic carbocycles. The first-order chi connectivity index (χ1) is 5.88. The number of morpholine rings is 1. The second kappa shape index (κ2) is 5.32. The topological polar surface area (TPSA) is 21.3 Å². The smallest absolute Gasteiger partial charge is 0.0670 e. The predicted molar refractivity (Wildman–Crippen MR) is 60.8 cm³/mol. The Labute approximate surface area is 96.2 Å². The van der Waals surface area contributed by atoms with Gasteiger partial charge in [0.15, 0.2) is 0 Å². The van der Waals surface area contributed by atoms with Crippen molar-refractivity contribution in [1.29, 1.82) is 0 Å². The molecular weight excluding hydrogens is 274 g/mol. The van der Waals surface area contributed by atoms with E-state index in [4.69, 9.17) is 4.74 Å². The van der Waals surface area contributed by atoms with Crippen molar-refractivity contribution in [3.05, 3.63) is 20.8 Å². The highest BCUT2D eigenvalue weighted by Crippen LogP contribution is 2.29. The van der Waals surface area contributed by atoms with Crippen molar-refractivity contribution in [1.82, 2.24) is 5.32 Å². The molecule has 1 saturated heterocycles. The number of hydrogen-bond donors (Lipinski definition) is 1. The SMILES string of the molecule is Brc1ccsc1[C@@H]1COCCN1.Cl. The molecule has 0 unspecified atom stereocenters. The summed E-state index contributed by atoms with van der Waals surface area (Å²) in [5.74, 6) is 0. The third-order valence-corrected chi connectivity index (χ3v) is 3.87. The van der Waals surface area contributed by atoms with E-state index in [1.54, 1.807) is 11.3 Å². The number of ether oxygens (including phenoxy) is 1. The Morgan fingerprint density at radius 1 is 1.62 bits per heavy atom. The van der Waals surface area contributed by atoms with Crippen LogP contribution in [-0.4, -0.2) is 19.8 Å². The molecule has 2 rings (SSSR count). The van der Waals surface area contributed by atoms with Crippen LogP contribution in [-0.2, 0) is 4.74 Å². The van der Waals surface area contributed by atoms with E-state index in [1.807, 2.05) is 0 Å². The van der Waals surface area contributed by atoms with Gasteiger partial charge in [0.25, 0.3) is 0 Å². The van der Waals surface area contributed by atoms with E-state index in [-0.39, 0.29) is 12.4 Å². The molecule has 1 aromatic rings. The summed E-state index contributed by atoms with van der Waals surface area (Å²) in [5.41, 5.74) is 0. The van der Waals surface area contributed by atoms with Crippen LogP contribution in [0.1, 0.15) is 10.9 Å². The van der Waals surface area contributed by atoms with E-state index in [0.29, 0.717) is 6.04 Å². The highest BCUT2D eigenvalue weighted by atomic mass is 79.9. The molecule has 0 radical (unpaired) electrons. The molecule has 2 nitrogen and oxygen atoms in total. The van der Waals surface area contributed by atoms with Crippen LogP contribution in [0.25, 0.3) is 0 Å². The van der Waals surface area contributed by atoms with E-state index in [0.717, 1.165) is 19.8 Å². The van der Waals surface area contributed by atoms with Gasteiger partial charge in [-0.1, -0.05) is 0 Å². The Morgan fingerprint density at radius 2 is 2.46 bits per heavy atom. The third kappa shape index (κ3) is 2.67. The van der Waals surface area contributed by atoms with Crippen molar-refractivity contribution in [3.63, 3.8) is 0 Å². The summed E-state index contributed by atoms with van der Waals surface area (Å²) in [6, 6.07) is 2.46. The van der Waals surface area contributed by atoms with Crippen LogP contribution in [0.3, 0.4) is 0 Å². The molecule has 0 spiro atoms. The minimum absolute atomic E-state index is 0. The minimum Gasteiger partial charge on any atom is -0.378 e. The van der Waals surface area contributed by atoms with Gasteiger partial charge in [-0.25, -0.2) is 0 Å². The predicted octanol–water partition coefficient (Wildman–Crippen LogP) is 2.59. The average molecular weight is 285 g/mol. The normalized spacial score (nSPS) is 22.4. The molecule has 13 heavy (non-hydrogen) atoms. The van der Waals surface area contributed by atoms with E-state index < -0.39 is 0 Å². The van der Waals surface area contributed by atoms with Gasteiger partial charge in [0.05, 0.1) is 19.3 Å². The fourth-order valence-corrected chi connectivity index (χ4v) is 3.00. The van der Waals surface area contributed by atoms with Crippen LogP contribution < -0.4 is 5.32 Å². The Kier molecular flexibility index (Phi) is 4.69. The lowest BCUT2D eigenvalue weighted by molar-refractivity contribution is 0.0777. The van der Waals surface area contributed by atoms with Gasteiger partial charge in [0, 0.05) is 15.9 Å². The van der Waals surface area contributed by atoms with Gasteiger partial charge >= 0.3 is 0 Å². The summed E-state index contributed by atoms with van der Waals surface area (Å²) in [5, 5.41) is 5.51.